The first kappa shape index (κ1) is 15.5. The number of carbonyl (C=O) groups is 1. The van der Waals surface area contributed by atoms with Crippen molar-refractivity contribution in [3.05, 3.63) is 35.9 Å². The van der Waals surface area contributed by atoms with E-state index < -0.39 is 0 Å². The lowest BCUT2D eigenvalue weighted by Gasteiger charge is -2.38. The summed E-state index contributed by atoms with van der Waals surface area (Å²) < 4.78 is 0. The first-order valence-electron chi connectivity index (χ1n) is 8.69. The lowest BCUT2D eigenvalue weighted by Crippen LogP contribution is -2.48. The normalized spacial score (nSPS) is 25.9. The molecule has 1 heterocycles. The molecule has 1 aromatic carbocycles. The monoisotopic (exact) mass is 300 g/mol. The van der Waals surface area contributed by atoms with Crippen LogP contribution in [0.25, 0.3) is 0 Å². The minimum absolute atomic E-state index is 0.368. The Morgan fingerprint density at radius 2 is 1.86 bits per heavy atom. The van der Waals surface area contributed by atoms with Crippen LogP contribution in [0.3, 0.4) is 0 Å². The van der Waals surface area contributed by atoms with Crippen molar-refractivity contribution in [2.75, 3.05) is 20.1 Å². The summed E-state index contributed by atoms with van der Waals surface area (Å²) in [6.45, 7) is 4.51. The number of rotatable bonds is 5. The van der Waals surface area contributed by atoms with Crippen LogP contribution in [0.2, 0.25) is 0 Å². The molecule has 2 atom stereocenters. The lowest BCUT2D eigenvalue weighted by atomic mass is 10.0. The third kappa shape index (κ3) is 3.70. The van der Waals surface area contributed by atoms with Gasteiger partial charge in [0.1, 0.15) is 0 Å². The van der Waals surface area contributed by atoms with Gasteiger partial charge in [-0.05, 0) is 57.3 Å². The molecule has 3 heteroatoms. The van der Waals surface area contributed by atoms with Crippen molar-refractivity contribution in [2.24, 2.45) is 5.92 Å². The van der Waals surface area contributed by atoms with E-state index in [4.69, 9.17) is 0 Å². The maximum atomic E-state index is 12.8. The van der Waals surface area contributed by atoms with E-state index in [1.165, 1.54) is 12.0 Å². The molecule has 2 aliphatic rings. The molecule has 1 aliphatic heterocycles. The Bertz CT molecular complexity index is 493. The summed E-state index contributed by atoms with van der Waals surface area (Å²) in [5, 5.41) is 0. The van der Waals surface area contributed by atoms with Crippen molar-refractivity contribution in [1.29, 1.82) is 0 Å². The lowest BCUT2D eigenvalue weighted by molar-refractivity contribution is -0.135. The van der Waals surface area contributed by atoms with Crippen LogP contribution in [0.5, 0.6) is 0 Å². The predicted octanol–water partition coefficient (Wildman–Crippen LogP) is 2.95. The van der Waals surface area contributed by atoms with Gasteiger partial charge in [0.2, 0.25) is 5.91 Å². The maximum absolute atomic E-state index is 12.8. The summed E-state index contributed by atoms with van der Waals surface area (Å²) in [5.74, 6) is 1.06. The van der Waals surface area contributed by atoms with Crippen LogP contribution < -0.4 is 0 Å². The van der Waals surface area contributed by atoms with Gasteiger partial charge in [0, 0.05) is 18.5 Å². The molecule has 2 unspecified atom stereocenters. The number of benzene rings is 1. The molecule has 3 rings (SSSR count). The fraction of sp³-hybridized carbons (Fsp3) is 0.632. The van der Waals surface area contributed by atoms with Gasteiger partial charge in [-0.25, -0.2) is 0 Å². The van der Waals surface area contributed by atoms with Crippen molar-refractivity contribution in [3.63, 3.8) is 0 Å². The highest BCUT2D eigenvalue weighted by Gasteiger charge is 2.43. The summed E-state index contributed by atoms with van der Waals surface area (Å²) >= 11 is 0. The van der Waals surface area contributed by atoms with Gasteiger partial charge in [-0.1, -0.05) is 37.3 Å². The van der Waals surface area contributed by atoms with Crippen molar-refractivity contribution < 1.29 is 4.79 Å². The molecule has 0 spiro atoms. The highest BCUT2D eigenvalue weighted by Crippen LogP contribution is 2.38. The molecular weight excluding hydrogens is 272 g/mol. The van der Waals surface area contributed by atoms with Crippen molar-refractivity contribution in [3.8, 4) is 0 Å². The molecule has 0 radical (unpaired) electrons. The molecule has 3 nitrogen and oxygen atoms in total. The van der Waals surface area contributed by atoms with Gasteiger partial charge < -0.3 is 9.80 Å². The molecule has 2 fully saturated rings. The summed E-state index contributed by atoms with van der Waals surface area (Å²) in [6.07, 6.45) is 4.99. The third-order valence-corrected chi connectivity index (χ3v) is 5.26. The first-order valence-corrected chi connectivity index (χ1v) is 8.69. The van der Waals surface area contributed by atoms with E-state index >= 15 is 0 Å². The Labute approximate surface area is 134 Å². The standard InChI is InChI=1S/C19H28N2O/c1-15-14-18(15)21(17-10-12-20(2)13-11-17)19(22)9-8-16-6-4-3-5-7-16/h3-7,15,17-18H,8-14H2,1-2H3. The van der Waals surface area contributed by atoms with E-state index in [-0.39, 0.29) is 0 Å². The Hall–Kier alpha value is -1.35. The summed E-state index contributed by atoms with van der Waals surface area (Å²) in [6, 6.07) is 11.3. The van der Waals surface area contributed by atoms with Crippen LogP contribution in [-0.2, 0) is 11.2 Å². The van der Waals surface area contributed by atoms with Crippen LogP contribution in [0.4, 0.5) is 0 Å². The van der Waals surface area contributed by atoms with Crippen molar-refractivity contribution in [2.45, 2.75) is 51.1 Å². The maximum Gasteiger partial charge on any atom is 0.223 e. The SMILES string of the molecule is CC1CC1N(C(=O)CCc1ccccc1)C1CCN(C)CC1. The van der Waals surface area contributed by atoms with Crippen LogP contribution in [-0.4, -0.2) is 47.9 Å². The molecule has 0 aromatic heterocycles. The number of aryl methyl sites for hydroxylation is 1. The number of hydrogen-bond acceptors (Lipinski definition) is 2. The molecule has 22 heavy (non-hydrogen) atoms. The van der Waals surface area contributed by atoms with Crippen LogP contribution >= 0.6 is 0 Å². The molecule has 1 aromatic rings. The number of amides is 1. The summed E-state index contributed by atoms with van der Waals surface area (Å²) in [4.78, 5) is 17.5. The topological polar surface area (TPSA) is 23.6 Å². The fourth-order valence-corrected chi connectivity index (χ4v) is 3.65. The minimum Gasteiger partial charge on any atom is -0.336 e. The van der Waals surface area contributed by atoms with Gasteiger partial charge >= 0.3 is 0 Å². The Morgan fingerprint density at radius 3 is 2.45 bits per heavy atom. The third-order valence-electron chi connectivity index (χ3n) is 5.26. The summed E-state index contributed by atoms with van der Waals surface area (Å²) in [5.41, 5.74) is 1.27. The van der Waals surface area contributed by atoms with Crippen molar-refractivity contribution >= 4 is 5.91 Å². The zero-order valence-corrected chi connectivity index (χ0v) is 13.9. The Balaban J connectivity index is 1.60. The minimum atomic E-state index is 0.368. The van der Waals surface area contributed by atoms with Gasteiger partial charge in [-0.2, -0.15) is 0 Å². The van der Waals surface area contributed by atoms with E-state index in [1.807, 2.05) is 6.07 Å². The molecule has 1 aliphatic carbocycles. The first-order chi connectivity index (χ1) is 10.6. The van der Waals surface area contributed by atoms with E-state index in [2.05, 4.69) is 48.0 Å². The second-order valence-electron chi connectivity index (χ2n) is 7.10. The van der Waals surface area contributed by atoms with Crippen LogP contribution in [0.15, 0.2) is 30.3 Å². The largest absolute Gasteiger partial charge is 0.336 e. The zero-order chi connectivity index (χ0) is 15.5. The molecule has 0 bridgehead atoms. The van der Waals surface area contributed by atoms with Gasteiger partial charge in [0.15, 0.2) is 0 Å². The molecular formula is C19H28N2O. The van der Waals surface area contributed by atoms with Crippen LogP contribution in [0, 0.1) is 5.92 Å². The number of nitrogens with zero attached hydrogens (tertiary/aromatic N) is 2. The second-order valence-corrected chi connectivity index (χ2v) is 7.10. The number of likely N-dealkylation sites (tertiary alicyclic amines) is 1. The molecule has 1 saturated heterocycles. The molecule has 0 N–H and O–H groups in total. The van der Waals surface area contributed by atoms with E-state index in [9.17, 15) is 4.79 Å². The predicted molar refractivity (Wildman–Crippen MR) is 89.7 cm³/mol. The van der Waals surface area contributed by atoms with E-state index in [1.54, 1.807) is 0 Å². The average Bonchev–Trinajstić information content (AvgIpc) is 3.25. The van der Waals surface area contributed by atoms with Gasteiger partial charge in [0.25, 0.3) is 0 Å². The average molecular weight is 300 g/mol. The van der Waals surface area contributed by atoms with Crippen LogP contribution in [0.1, 0.15) is 38.2 Å². The Morgan fingerprint density at radius 1 is 1.23 bits per heavy atom. The quantitative estimate of drug-likeness (QED) is 0.835. The summed E-state index contributed by atoms with van der Waals surface area (Å²) in [7, 11) is 2.18. The van der Waals surface area contributed by atoms with E-state index in [0.29, 0.717) is 30.3 Å². The molecule has 1 amide bonds. The highest BCUT2D eigenvalue weighted by molar-refractivity contribution is 5.77. The van der Waals surface area contributed by atoms with Gasteiger partial charge in [0.05, 0.1) is 0 Å². The number of hydrogen-bond donors (Lipinski definition) is 0. The molecule has 1 saturated carbocycles. The highest BCUT2D eigenvalue weighted by atomic mass is 16.2. The second kappa shape index (κ2) is 6.82. The fourth-order valence-electron chi connectivity index (χ4n) is 3.65. The number of carbonyl (C=O) groups excluding carboxylic acids is 1. The molecule has 120 valence electrons. The van der Waals surface area contributed by atoms with Gasteiger partial charge in [-0.15, -0.1) is 0 Å². The van der Waals surface area contributed by atoms with Gasteiger partial charge in [-0.3, -0.25) is 4.79 Å². The smallest absolute Gasteiger partial charge is 0.223 e. The van der Waals surface area contributed by atoms with Crippen molar-refractivity contribution in [1.82, 2.24) is 9.80 Å². The zero-order valence-electron chi connectivity index (χ0n) is 13.9. The number of piperidine rings is 1. The van der Waals surface area contributed by atoms with E-state index in [0.717, 1.165) is 32.4 Å². The Kier molecular flexibility index (Phi) is 4.82.